The molecule has 0 unspecified atom stereocenters. The number of pyridine rings is 1. The van der Waals surface area contributed by atoms with Gasteiger partial charge in [-0.15, -0.1) is 11.8 Å². The summed E-state index contributed by atoms with van der Waals surface area (Å²) in [6.07, 6.45) is 2.00. The molecule has 1 aromatic carbocycles. The first-order chi connectivity index (χ1) is 13.0. The smallest absolute Gasteiger partial charge is 0.258 e. The zero-order chi connectivity index (χ0) is 19.0. The predicted molar refractivity (Wildman–Crippen MR) is 107 cm³/mol. The average molecular weight is 382 g/mol. The molecule has 4 rings (SSSR count). The minimum Gasteiger partial charge on any atom is -0.339 e. The maximum Gasteiger partial charge on any atom is 0.258 e. The Hall–Kier alpha value is -2.34. The van der Waals surface area contributed by atoms with Gasteiger partial charge in [0.15, 0.2) is 0 Å². The first-order valence-corrected chi connectivity index (χ1v) is 10.2. The van der Waals surface area contributed by atoms with Gasteiger partial charge in [0.05, 0.1) is 16.6 Å². The zero-order valence-corrected chi connectivity index (χ0v) is 16.7. The SMILES string of the molecule is Cc1cccc(SC2CCN(C(=O)c3cc(C)nc4onc(C)c34)CC2)c1. The first-order valence-electron chi connectivity index (χ1n) is 9.27. The summed E-state index contributed by atoms with van der Waals surface area (Å²) in [5.41, 5.74) is 3.87. The molecule has 0 radical (unpaired) electrons. The summed E-state index contributed by atoms with van der Waals surface area (Å²) < 4.78 is 5.27. The van der Waals surface area contributed by atoms with E-state index >= 15 is 0 Å². The maximum absolute atomic E-state index is 13.1. The van der Waals surface area contributed by atoms with Gasteiger partial charge in [0.2, 0.25) is 0 Å². The number of rotatable bonds is 3. The highest BCUT2D eigenvalue weighted by Crippen LogP contribution is 2.32. The Morgan fingerprint density at radius 2 is 1.96 bits per heavy atom. The van der Waals surface area contributed by atoms with Crippen molar-refractivity contribution in [3.8, 4) is 0 Å². The molecule has 1 amide bonds. The van der Waals surface area contributed by atoms with Crippen molar-refractivity contribution in [2.24, 2.45) is 0 Å². The fraction of sp³-hybridized carbons (Fsp3) is 0.381. The van der Waals surface area contributed by atoms with E-state index in [9.17, 15) is 4.79 Å². The van der Waals surface area contributed by atoms with Crippen LogP contribution in [0.25, 0.3) is 11.1 Å². The van der Waals surface area contributed by atoms with Gasteiger partial charge in [0, 0.05) is 28.9 Å². The Labute approximate surface area is 163 Å². The molecule has 140 valence electrons. The molecule has 27 heavy (non-hydrogen) atoms. The van der Waals surface area contributed by atoms with Crippen LogP contribution in [-0.2, 0) is 0 Å². The number of carbonyl (C=O) groups is 1. The second kappa shape index (κ2) is 7.35. The molecule has 0 N–H and O–H groups in total. The lowest BCUT2D eigenvalue weighted by molar-refractivity contribution is 0.0729. The Kier molecular flexibility index (Phi) is 4.91. The van der Waals surface area contributed by atoms with Crippen LogP contribution in [0.15, 0.2) is 39.8 Å². The van der Waals surface area contributed by atoms with E-state index in [4.69, 9.17) is 4.52 Å². The molecule has 0 spiro atoms. The second-order valence-corrected chi connectivity index (χ2v) is 8.56. The zero-order valence-electron chi connectivity index (χ0n) is 15.9. The molecule has 0 aliphatic carbocycles. The molecule has 6 heteroatoms. The number of aromatic nitrogens is 2. The number of likely N-dealkylation sites (tertiary alicyclic amines) is 1. The highest BCUT2D eigenvalue weighted by molar-refractivity contribution is 8.00. The minimum absolute atomic E-state index is 0.0517. The number of benzene rings is 1. The Balaban J connectivity index is 1.47. The summed E-state index contributed by atoms with van der Waals surface area (Å²) >= 11 is 1.92. The summed E-state index contributed by atoms with van der Waals surface area (Å²) in [5, 5.41) is 5.27. The molecule has 0 atom stereocenters. The second-order valence-electron chi connectivity index (χ2n) is 7.19. The highest BCUT2D eigenvalue weighted by Gasteiger charge is 2.27. The molecular formula is C21H23N3O2S. The van der Waals surface area contributed by atoms with Gasteiger partial charge >= 0.3 is 0 Å². The number of nitrogens with zero attached hydrogens (tertiary/aromatic N) is 3. The Bertz CT molecular complexity index is 990. The van der Waals surface area contributed by atoms with Crippen molar-refractivity contribution < 1.29 is 9.32 Å². The van der Waals surface area contributed by atoms with Crippen LogP contribution >= 0.6 is 11.8 Å². The van der Waals surface area contributed by atoms with Crippen molar-refractivity contribution in [1.29, 1.82) is 0 Å². The van der Waals surface area contributed by atoms with Crippen LogP contribution in [0, 0.1) is 20.8 Å². The first kappa shape index (κ1) is 18.0. The molecule has 1 aliphatic heterocycles. The van der Waals surface area contributed by atoms with Gasteiger partial charge in [-0.25, -0.2) is 4.98 Å². The van der Waals surface area contributed by atoms with Crippen LogP contribution in [0.3, 0.4) is 0 Å². The van der Waals surface area contributed by atoms with E-state index in [-0.39, 0.29) is 5.91 Å². The minimum atomic E-state index is 0.0517. The normalized spacial score (nSPS) is 15.4. The van der Waals surface area contributed by atoms with Crippen LogP contribution in [0.5, 0.6) is 0 Å². The summed E-state index contributed by atoms with van der Waals surface area (Å²) in [6, 6.07) is 10.5. The Morgan fingerprint density at radius 3 is 2.70 bits per heavy atom. The highest BCUT2D eigenvalue weighted by atomic mass is 32.2. The number of piperidine rings is 1. The third kappa shape index (κ3) is 3.72. The van der Waals surface area contributed by atoms with E-state index < -0.39 is 0 Å². The summed E-state index contributed by atoms with van der Waals surface area (Å²) in [4.78, 5) is 20.8. The van der Waals surface area contributed by atoms with Gasteiger partial charge in [0.1, 0.15) is 0 Å². The fourth-order valence-corrected chi connectivity index (χ4v) is 4.86. The summed E-state index contributed by atoms with van der Waals surface area (Å²) in [7, 11) is 0. The Morgan fingerprint density at radius 1 is 1.19 bits per heavy atom. The number of hydrogen-bond donors (Lipinski definition) is 0. The van der Waals surface area contributed by atoms with E-state index in [1.807, 2.05) is 36.6 Å². The molecule has 2 aromatic heterocycles. The number of fused-ring (bicyclic) bond motifs is 1. The maximum atomic E-state index is 13.1. The van der Waals surface area contributed by atoms with Gasteiger partial charge in [-0.2, -0.15) is 0 Å². The van der Waals surface area contributed by atoms with Crippen molar-refractivity contribution in [3.63, 3.8) is 0 Å². The van der Waals surface area contributed by atoms with Crippen LogP contribution in [0.4, 0.5) is 0 Å². The lowest BCUT2D eigenvalue weighted by Crippen LogP contribution is -2.39. The molecule has 0 bridgehead atoms. The van der Waals surface area contributed by atoms with Crippen LogP contribution < -0.4 is 0 Å². The van der Waals surface area contributed by atoms with Crippen molar-refractivity contribution >= 4 is 28.8 Å². The molecule has 5 nitrogen and oxygen atoms in total. The van der Waals surface area contributed by atoms with E-state index in [0.717, 1.165) is 37.0 Å². The van der Waals surface area contributed by atoms with Crippen LogP contribution in [-0.4, -0.2) is 39.3 Å². The van der Waals surface area contributed by atoms with Crippen molar-refractivity contribution in [2.45, 2.75) is 43.8 Å². The number of thioether (sulfide) groups is 1. The molecule has 1 saturated heterocycles. The molecule has 1 fully saturated rings. The summed E-state index contributed by atoms with van der Waals surface area (Å²) in [6.45, 7) is 7.39. The molecule has 3 aromatic rings. The third-order valence-corrected chi connectivity index (χ3v) is 6.33. The van der Waals surface area contributed by atoms with Crippen molar-refractivity contribution in [3.05, 3.63) is 52.8 Å². The predicted octanol–water partition coefficient (Wildman–Crippen LogP) is 4.54. The molecular weight excluding hydrogens is 358 g/mol. The van der Waals surface area contributed by atoms with Gasteiger partial charge in [0.25, 0.3) is 11.6 Å². The molecule has 3 heterocycles. The van der Waals surface area contributed by atoms with Gasteiger partial charge in [-0.1, -0.05) is 22.9 Å². The van der Waals surface area contributed by atoms with Crippen molar-refractivity contribution in [1.82, 2.24) is 15.0 Å². The quantitative estimate of drug-likeness (QED) is 0.666. The summed E-state index contributed by atoms with van der Waals surface area (Å²) in [5.74, 6) is 0.0517. The average Bonchev–Trinajstić information content (AvgIpc) is 3.02. The van der Waals surface area contributed by atoms with Gasteiger partial charge in [-0.05, 0) is 51.8 Å². The largest absolute Gasteiger partial charge is 0.339 e. The molecule has 0 saturated carbocycles. The number of aryl methyl sites for hydroxylation is 3. The number of carbonyl (C=O) groups excluding carboxylic acids is 1. The van der Waals surface area contributed by atoms with E-state index in [0.29, 0.717) is 22.2 Å². The topological polar surface area (TPSA) is 59.2 Å². The van der Waals surface area contributed by atoms with Gasteiger partial charge < -0.3 is 9.42 Å². The number of amides is 1. The van der Waals surface area contributed by atoms with Crippen molar-refractivity contribution in [2.75, 3.05) is 13.1 Å². The third-order valence-electron chi connectivity index (χ3n) is 5.00. The number of hydrogen-bond acceptors (Lipinski definition) is 5. The standard InChI is InChI=1S/C21H23N3O2S/c1-13-5-4-6-17(11-13)27-16-7-9-24(10-8-16)21(25)18-12-14(2)22-20-19(18)15(3)23-26-20/h4-6,11-12,16H,7-10H2,1-3H3. The molecule has 1 aliphatic rings. The van der Waals surface area contributed by atoms with E-state index in [1.165, 1.54) is 10.5 Å². The van der Waals surface area contributed by atoms with E-state index in [2.05, 4.69) is 41.3 Å². The monoisotopic (exact) mass is 381 g/mol. The van der Waals surface area contributed by atoms with Crippen LogP contribution in [0.2, 0.25) is 0 Å². The van der Waals surface area contributed by atoms with E-state index in [1.54, 1.807) is 0 Å². The lowest BCUT2D eigenvalue weighted by Gasteiger charge is -2.32. The fourth-order valence-electron chi connectivity index (χ4n) is 3.61. The van der Waals surface area contributed by atoms with Gasteiger partial charge in [-0.3, -0.25) is 4.79 Å². The van der Waals surface area contributed by atoms with Crippen LogP contribution in [0.1, 0.15) is 40.2 Å². The lowest BCUT2D eigenvalue weighted by atomic mass is 10.1.